The minimum atomic E-state index is -0.324. The first-order chi connectivity index (χ1) is 18.0. The van der Waals surface area contributed by atoms with E-state index in [2.05, 4.69) is 41.2 Å². The van der Waals surface area contributed by atoms with Gasteiger partial charge in [0.2, 0.25) is 5.88 Å². The van der Waals surface area contributed by atoms with E-state index in [1.54, 1.807) is 25.6 Å². The van der Waals surface area contributed by atoms with Crippen molar-refractivity contribution in [2.45, 2.75) is 45.2 Å². The van der Waals surface area contributed by atoms with E-state index >= 15 is 0 Å². The number of nitrogens with one attached hydrogen (secondary N) is 1. The first-order valence-corrected chi connectivity index (χ1v) is 12.8. The van der Waals surface area contributed by atoms with Crippen molar-refractivity contribution in [3.63, 3.8) is 0 Å². The number of phenolic OH excluding ortho intramolecular Hbond substituents is 1. The third-order valence-corrected chi connectivity index (χ3v) is 8.28. The number of aromatic nitrogens is 3. The van der Waals surface area contributed by atoms with Crippen LogP contribution in [0.3, 0.4) is 0 Å². The van der Waals surface area contributed by atoms with E-state index in [4.69, 9.17) is 27.8 Å². The number of benzene rings is 1. The quantitative estimate of drug-likeness (QED) is 0.199. The Labute approximate surface area is 226 Å². The lowest BCUT2D eigenvalue weighted by atomic mass is 9.75. The van der Waals surface area contributed by atoms with Gasteiger partial charge in [0.1, 0.15) is 11.6 Å². The van der Waals surface area contributed by atoms with Crippen molar-refractivity contribution in [1.82, 2.24) is 14.6 Å². The fourth-order valence-corrected chi connectivity index (χ4v) is 5.18. The van der Waals surface area contributed by atoms with Crippen LogP contribution in [0.2, 0.25) is 5.02 Å². The molecule has 1 saturated carbocycles. The lowest BCUT2D eigenvalue weighted by molar-refractivity contribution is 0.215. The van der Waals surface area contributed by atoms with Gasteiger partial charge in [0.25, 0.3) is 0 Å². The van der Waals surface area contributed by atoms with Gasteiger partial charge < -0.3 is 26.6 Å². The molecule has 6 N–H and O–H groups in total. The second-order valence-electron chi connectivity index (χ2n) is 10.6. The molecule has 0 spiro atoms. The molecule has 3 aromatic heterocycles. The Balaban J connectivity index is 1.64. The van der Waals surface area contributed by atoms with E-state index in [1.165, 1.54) is 12.1 Å². The van der Waals surface area contributed by atoms with Gasteiger partial charge in [0.15, 0.2) is 0 Å². The molecule has 1 fully saturated rings. The number of hydrogen-bond acceptors (Lipinski definition) is 7. The van der Waals surface area contributed by atoms with Crippen molar-refractivity contribution in [2.75, 3.05) is 12.4 Å². The Morgan fingerprint density at radius 2 is 1.97 bits per heavy atom. The SMILES string of the molecule is COc1ccc(-c2cc3c(N[C@@H]4CC[C@](C)(N)C4(C)C)c(/C(N)=N/c4ccc(O)cc4Cl)cnn3c2)cn1. The summed E-state index contributed by atoms with van der Waals surface area (Å²) in [7, 11) is 1.59. The molecule has 38 heavy (non-hydrogen) atoms. The van der Waals surface area contributed by atoms with Crippen LogP contribution >= 0.6 is 11.6 Å². The van der Waals surface area contributed by atoms with Crippen molar-refractivity contribution >= 4 is 34.3 Å². The van der Waals surface area contributed by atoms with Crippen LogP contribution in [0.15, 0.2) is 60.0 Å². The van der Waals surface area contributed by atoms with Crippen LogP contribution in [0, 0.1) is 5.41 Å². The minimum absolute atomic E-state index is 0.0556. The Morgan fingerprint density at radius 1 is 1.18 bits per heavy atom. The van der Waals surface area contributed by atoms with Crippen LogP contribution in [0.5, 0.6) is 11.6 Å². The Bertz CT molecular complexity index is 1530. The number of halogens is 1. The molecule has 3 heterocycles. The molecule has 0 radical (unpaired) electrons. The number of fused-ring (bicyclic) bond motifs is 1. The van der Waals surface area contributed by atoms with Gasteiger partial charge in [-0.15, -0.1) is 0 Å². The summed E-state index contributed by atoms with van der Waals surface area (Å²) in [6, 6.07) is 10.5. The van der Waals surface area contributed by atoms with Gasteiger partial charge in [0.05, 0.1) is 40.8 Å². The van der Waals surface area contributed by atoms with Gasteiger partial charge in [-0.3, -0.25) is 0 Å². The number of aliphatic imine (C=N–C) groups is 1. The molecule has 5 rings (SSSR count). The summed E-state index contributed by atoms with van der Waals surface area (Å²) in [5.41, 5.74) is 17.3. The molecule has 0 saturated heterocycles. The molecule has 0 aliphatic heterocycles. The zero-order valence-corrected chi connectivity index (χ0v) is 22.6. The van der Waals surface area contributed by atoms with Crippen LogP contribution in [-0.2, 0) is 0 Å². The van der Waals surface area contributed by atoms with Gasteiger partial charge in [-0.05, 0) is 44.0 Å². The predicted octanol–water partition coefficient (Wildman–Crippen LogP) is 5.12. The first kappa shape index (κ1) is 25.8. The number of ether oxygens (including phenoxy) is 1. The lowest BCUT2D eigenvalue weighted by Crippen LogP contribution is -2.51. The third kappa shape index (κ3) is 4.52. The van der Waals surface area contributed by atoms with Gasteiger partial charge >= 0.3 is 0 Å². The fourth-order valence-electron chi connectivity index (χ4n) is 4.96. The molecule has 4 aromatic rings. The number of aromatic hydroxyl groups is 1. The molecule has 198 valence electrons. The van der Waals surface area contributed by atoms with Crippen molar-refractivity contribution < 1.29 is 9.84 Å². The summed E-state index contributed by atoms with van der Waals surface area (Å²) in [6.07, 6.45) is 7.21. The van der Waals surface area contributed by atoms with Gasteiger partial charge in [-0.2, -0.15) is 5.10 Å². The Morgan fingerprint density at radius 3 is 2.61 bits per heavy atom. The number of pyridine rings is 1. The van der Waals surface area contributed by atoms with Crippen molar-refractivity contribution in [3.05, 3.63) is 65.6 Å². The number of hydrogen-bond donors (Lipinski definition) is 4. The Kier molecular flexibility index (Phi) is 6.44. The smallest absolute Gasteiger partial charge is 0.212 e. The number of rotatable bonds is 6. The summed E-state index contributed by atoms with van der Waals surface area (Å²) in [5.74, 6) is 0.848. The summed E-state index contributed by atoms with van der Waals surface area (Å²) < 4.78 is 7.02. The van der Waals surface area contributed by atoms with Crippen molar-refractivity contribution in [3.8, 4) is 22.8 Å². The topological polar surface area (TPSA) is 136 Å². The molecule has 9 nitrogen and oxygen atoms in total. The molecular weight excluding hydrogens is 502 g/mol. The third-order valence-electron chi connectivity index (χ3n) is 7.98. The molecule has 2 atom stereocenters. The number of nitrogens with zero attached hydrogens (tertiary/aromatic N) is 4. The summed E-state index contributed by atoms with van der Waals surface area (Å²) in [4.78, 5) is 8.92. The van der Waals surface area contributed by atoms with E-state index in [1.807, 2.05) is 28.9 Å². The van der Waals surface area contributed by atoms with E-state index in [0.717, 1.165) is 35.2 Å². The average Bonchev–Trinajstić information content (AvgIpc) is 3.40. The maximum atomic E-state index is 9.72. The summed E-state index contributed by atoms with van der Waals surface area (Å²) >= 11 is 6.31. The molecule has 0 unspecified atom stereocenters. The zero-order chi connectivity index (χ0) is 27.2. The standard InChI is InChI=1S/C28H32ClN7O2/c1-27(2)23(9-10-28(27,3)31)35-25-19(26(30)34-21-7-6-18(37)12-20(21)29)14-33-36-15-17(11-22(25)36)16-5-8-24(38-4)32-13-16/h5-8,11-15,23,35,37H,9-10,31H2,1-4H3,(H2,30,34)/t23-,28+/m1/s1. The molecule has 1 aliphatic carbocycles. The van der Waals surface area contributed by atoms with Crippen LogP contribution in [-0.4, -0.2) is 44.2 Å². The summed E-state index contributed by atoms with van der Waals surface area (Å²) in [5, 5.41) is 18.4. The normalized spacial score (nSPS) is 21.1. The molecular formula is C28H32ClN7O2. The van der Waals surface area contributed by atoms with E-state index in [9.17, 15) is 5.11 Å². The maximum absolute atomic E-state index is 9.72. The molecule has 0 bridgehead atoms. The number of amidine groups is 1. The Hall–Kier alpha value is -3.82. The van der Waals surface area contributed by atoms with E-state index < -0.39 is 0 Å². The molecule has 1 aliphatic rings. The monoisotopic (exact) mass is 533 g/mol. The second-order valence-corrected chi connectivity index (χ2v) is 11.0. The van der Waals surface area contributed by atoms with Gasteiger partial charge in [-0.25, -0.2) is 14.5 Å². The fraction of sp³-hybridized carbons (Fsp3) is 0.321. The van der Waals surface area contributed by atoms with Gasteiger partial charge in [-0.1, -0.05) is 25.4 Å². The van der Waals surface area contributed by atoms with Crippen molar-refractivity contribution in [1.29, 1.82) is 0 Å². The highest BCUT2D eigenvalue weighted by Gasteiger charge is 2.49. The molecule has 1 aromatic carbocycles. The van der Waals surface area contributed by atoms with E-state index in [0.29, 0.717) is 22.2 Å². The number of anilines is 1. The number of nitrogens with two attached hydrogens (primary N) is 2. The van der Waals surface area contributed by atoms with Crippen molar-refractivity contribution in [2.24, 2.45) is 21.9 Å². The van der Waals surface area contributed by atoms with Crippen LogP contribution < -0.4 is 21.5 Å². The zero-order valence-electron chi connectivity index (χ0n) is 21.9. The second kappa shape index (κ2) is 9.49. The first-order valence-electron chi connectivity index (χ1n) is 12.4. The minimum Gasteiger partial charge on any atom is -0.508 e. The average molecular weight is 534 g/mol. The predicted molar refractivity (Wildman–Crippen MR) is 151 cm³/mol. The summed E-state index contributed by atoms with van der Waals surface area (Å²) in [6.45, 7) is 6.48. The number of methoxy groups -OCH3 is 1. The highest BCUT2D eigenvalue weighted by atomic mass is 35.5. The van der Waals surface area contributed by atoms with Crippen LogP contribution in [0.25, 0.3) is 16.6 Å². The number of phenols is 1. The molecule has 10 heteroatoms. The van der Waals surface area contributed by atoms with Crippen LogP contribution in [0.4, 0.5) is 11.4 Å². The van der Waals surface area contributed by atoms with Gasteiger partial charge in [0, 0.05) is 52.6 Å². The lowest BCUT2D eigenvalue weighted by Gasteiger charge is -2.39. The highest BCUT2D eigenvalue weighted by Crippen LogP contribution is 2.46. The van der Waals surface area contributed by atoms with E-state index in [-0.39, 0.29) is 28.6 Å². The molecule has 0 amide bonds. The maximum Gasteiger partial charge on any atom is 0.212 e. The van der Waals surface area contributed by atoms with Crippen LogP contribution in [0.1, 0.15) is 39.2 Å². The highest BCUT2D eigenvalue weighted by molar-refractivity contribution is 6.33. The largest absolute Gasteiger partial charge is 0.508 e.